The number of hydrogen-bond acceptors (Lipinski definition) is 6. The Hall–Kier alpha value is -2.01. The first-order valence-corrected chi connectivity index (χ1v) is 13.6. The molecule has 0 spiro atoms. The lowest BCUT2D eigenvalue weighted by molar-refractivity contribution is -0.146. The molecule has 2 aromatic carbocycles. The van der Waals surface area contributed by atoms with Gasteiger partial charge in [-0.3, -0.25) is 4.79 Å². The van der Waals surface area contributed by atoms with Crippen molar-refractivity contribution in [1.82, 2.24) is 9.62 Å². The SMILES string of the molecule is Cc1ccccc1S(=O)(=O)N1C[C@@H](O)COC[C@@H]2O[C@H](CC(=O)NCc3ccccc3Cl)CC[C@H]21. The van der Waals surface area contributed by atoms with Crippen molar-refractivity contribution in [3.8, 4) is 0 Å². The van der Waals surface area contributed by atoms with Gasteiger partial charge in [-0.25, -0.2) is 8.42 Å². The largest absolute Gasteiger partial charge is 0.389 e. The predicted octanol–water partition coefficient (Wildman–Crippen LogP) is 2.65. The first-order valence-electron chi connectivity index (χ1n) is 11.7. The van der Waals surface area contributed by atoms with Crippen molar-refractivity contribution >= 4 is 27.5 Å². The molecule has 0 aliphatic carbocycles. The van der Waals surface area contributed by atoms with Crippen molar-refractivity contribution in [2.24, 2.45) is 0 Å². The molecular weight excluding hydrogens is 492 g/mol. The van der Waals surface area contributed by atoms with Gasteiger partial charge in [0, 0.05) is 18.1 Å². The number of aryl methyl sites for hydroxylation is 1. The Kier molecular flexibility index (Phi) is 8.46. The number of carbonyl (C=O) groups excluding carboxylic acids is 1. The quantitative estimate of drug-likeness (QED) is 0.604. The number of hydrogen-bond donors (Lipinski definition) is 2. The smallest absolute Gasteiger partial charge is 0.243 e. The molecule has 0 aromatic heterocycles. The zero-order chi connectivity index (χ0) is 25.0. The first kappa shape index (κ1) is 26.1. The fourth-order valence-electron chi connectivity index (χ4n) is 4.66. The molecule has 10 heteroatoms. The second-order valence-electron chi connectivity index (χ2n) is 9.05. The zero-order valence-corrected chi connectivity index (χ0v) is 21.2. The van der Waals surface area contributed by atoms with E-state index < -0.39 is 28.3 Å². The minimum Gasteiger partial charge on any atom is -0.389 e. The van der Waals surface area contributed by atoms with Crippen molar-refractivity contribution in [3.05, 3.63) is 64.7 Å². The van der Waals surface area contributed by atoms with E-state index in [1.54, 1.807) is 37.3 Å². The summed E-state index contributed by atoms with van der Waals surface area (Å²) in [5, 5.41) is 13.8. The van der Waals surface area contributed by atoms with Crippen LogP contribution in [0.2, 0.25) is 5.02 Å². The zero-order valence-electron chi connectivity index (χ0n) is 19.6. The number of nitrogens with zero attached hydrogens (tertiary/aromatic N) is 1. The third kappa shape index (κ3) is 6.22. The standard InChI is InChI=1S/C25H31ClN2O6S/c1-17-6-2-5-9-24(17)35(31,32)28-14-19(29)15-33-16-23-22(28)11-10-20(34-23)12-25(30)27-13-18-7-3-4-8-21(18)26/h2-9,19-20,22-23,29H,10-16H2,1H3,(H,27,30)/t19-,20+,22-,23+/m1/s1. The summed E-state index contributed by atoms with van der Waals surface area (Å²) in [7, 11) is -3.87. The average molecular weight is 523 g/mol. The van der Waals surface area contributed by atoms with Crippen LogP contribution < -0.4 is 5.32 Å². The lowest BCUT2D eigenvalue weighted by atomic mass is 9.96. The fraction of sp³-hybridized carbons (Fsp3) is 0.480. The van der Waals surface area contributed by atoms with Crippen molar-refractivity contribution in [3.63, 3.8) is 0 Å². The van der Waals surface area contributed by atoms with Crippen molar-refractivity contribution in [2.45, 2.75) is 62.0 Å². The number of carbonyl (C=O) groups is 1. The molecule has 0 unspecified atom stereocenters. The molecule has 2 aliphatic heterocycles. The number of rotatable bonds is 6. The molecule has 35 heavy (non-hydrogen) atoms. The normalized spacial score (nSPS) is 25.8. The van der Waals surface area contributed by atoms with Crippen molar-refractivity contribution < 1.29 is 27.8 Å². The Morgan fingerprint density at radius 2 is 1.89 bits per heavy atom. The lowest BCUT2D eigenvalue weighted by Crippen LogP contribution is -2.57. The highest BCUT2D eigenvalue weighted by Gasteiger charge is 2.43. The van der Waals surface area contributed by atoms with Gasteiger partial charge in [0.2, 0.25) is 15.9 Å². The maximum absolute atomic E-state index is 13.6. The number of ether oxygens (including phenoxy) is 2. The number of nitrogens with one attached hydrogen (secondary N) is 1. The summed E-state index contributed by atoms with van der Waals surface area (Å²) < 4.78 is 40.4. The Labute approximate surface area is 211 Å². The van der Waals surface area contributed by atoms with E-state index in [4.69, 9.17) is 21.1 Å². The third-order valence-corrected chi connectivity index (χ3v) is 8.88. The Bertz CT molecular complexity index is 1140. The van der Waals surface area contributed by atoms with Crippen LogP contribution in [0, 0.1) is 6.92 Å². The van der Waals surface area contributed by atoms with E-state index in [1.807, 2.05) is 18.2 Å². The minimum atomic E-state index is -3.87. The summed E-state index contributed by atoms with van der Waals surface area (Å²) in [5.41, 5.74) is 1.47. The molecular formula is C25H31ClN2O6S. The lowest BCUT2D eigenvalue weighted by Gasteiger charge is -2.43. The Balaban J connectivity index is 1.44. The van der Waals surface area contributed by atoms with Crippen LogP contribution in [0.4, 0.5) is 0 Å². The van der Waals surface area contributed by atoms with Gasteiger partial charge in [-0.1, -0.05) is 48.0 Å². The second kappa shape index (κ2) is 11.4. The minimum absolute atomic E-state index is 0.00929. The highest BCUT2D eigenvalue weighted by atomic mass is 35.5. The van der Waals surface area contributed by atoms with Crippen LogP contribution >= 0.6 is 11.6 Å². The number of aliphatic hydroxyl groups is 1. The number of halogens is 1. The van der Waals surface area contributed by atoms with Gasteiger partial charge in [0.15, 0.2) is 0 Å². The van der Waals surface area contributed by atoms with Crippen LogP contribution in [-0.4, -0.2) is 67.8 Å². The van der Waals surface area contributed by atoms with Gasteiger partial charge in [-0.15, -0.1) is 0 Å². The molecule has 0 radical (unpaired) electrons. The van der Waals surface area contributed by atoms with Gasteiger partial charge in [0.05, 0.1) is 48.9 Å². The molecule has 2 heterocycles. The molecule has 2 aromatic rings. The Morgan fingerprint density at radius 3 is 2.66 bits per heavy atom. The summed E-state index contributed by atoms with van der Waals surface area (Å²) in [5.74, 6) is -0.167. The molecule has 0 bridgehead atoms. The van der Waals surface area contributed by atoms with Crippen molar-refractivity contribution in [2.75, 3.05) is 19.8 Å². The number of sulfonamides is 1. The summed E-state index contributed by atoms with van der Waals surface area (Å²) in [6, 6.07) is 13.6. The molecule has 1 amide bonds. The van der Waals surface area contributed by atoms with Gasteiger partial charge >= 0.3 is 0 Å². The molecule has 4 atom stereocenters. The maximum Gasteiger partial charge on any atom is 0.243 e. The second-order valence-corrected chi connectivity index (χ2v) is 11.3. The van der Waals surface area contributed by atoms with Gasteiger partial charge < -0.3 is 19.9 Å². The number of β-amino-alcohol motifs (C(OH)–C–C–N with tert-alkyl or cyclic N) is 1. The number of aliphatic hydroxyl groups excluding tert-OH is 1. The summed E-state index contributed by atoms with van der Waals surface area (Å²) in [4.78, 5) is 12.8. The molecule has 0 saturated carbocycles. The van der Waals surface area contributed by atoms with Gasteiger partial charge in [-0.05, 0) is 43.0 Å². The number of amides is 1. The summed E-state index contributed by atoms with van der Waals surface area (Å²) in [6.07, 6.45) is -0.691. The van der Waals surface area contributed by atoms with Crippen LogP contribution in [-0.2, 0) is 30.8 Å². The van der Waals surface area contributed by atoms with Crippen LogP contribution in [0.15, 0.2) is 53.4 Å². The molecule has 190 valence electrons. The average Bonchev–Trinajstić information content (AvgIpc) is 2.81. The third-order valence-electron chi connectivity index (χ3n) is 6.46. The van der Waals surface area contributed by atoms with E-state index in [1.165, 1.54) is 4.31 Å². The molecule has 2 fully saturated rings. The Morgan fingerprint density at radius 1 is 1.14 bits per heavy atom. The van der Waals surface area contributed by atoms with E-state index in [0.717, 1.165) is 5.56 Å². The van der Waals surface area contributed by atoms with E-state index in [9.17, 15) is 18.3 Å². The number of benzene rings is 2. The maximum atomic E-state index is 13.6. The number of fused-ring (bicyclic) bond motifs is 1. The van der Waals surface area contributed by atoms with E-state index in [2.05, 4.69) is 5.32 Å². The van der Waals surface area contributed by atoms with Crippen LogP contribution in [0.1, 0.15) is 30.4 Å². The molecule has 2 N–H and O–H groups in total. The van der Waals surface area contributed by atoms with Gasteiger partial charge in [-0.2, -0.15) is 4.31 Å². The van der Waals surface area contributed by atoms with E-state index in [-0.39, 0.29) is 43.1 Å². The van der Waals surface area contributed by atoms with Crippen molar-refractivity contribution in [1.29, 1.82) is 0 Å². The fourth-order valence-corrected chi connectivity index (χ4v) is 6.80. The monoisotopic (exact) mass is 522 g/mol. The molecule has 4 rings (SSSR count). The van der Waals surface area contributed by atoms with Gasteiger partial charge in [0.1, 0.15) is 0 Å². The molecule has 2 aliphatic rings. The topological polar surface area (TPSA) is 105 Å². The molecule has 8 nitrogen and oxygen atoms in total. The van der Waals surface area contributed by atoms with Crippen LogP contribution in [0.25, 0.3) is 0 Å². The molecule has 2 saturated heterocycles. The van der Waals surface area contributed by atoms with E-state index in [0.29, 0.717) is 30.0 Å². The summed E-state index contributed by atoms with van der Waals surface area (Å²) in [6.45, 7) is 2.14. The van der Waals surface area contributed by atoms with Crippen LogP contribution in [0.5, 0.6) is 0 Å². The van der Waals surface area contributed by atoms with Crippen LogP contribution in [0.3, 0.4) is 0 Å². The predicted molar refractivity (Wildman–Crippen MR) is 131 cm³/mol. The van der Waals surface area contributed by atoms with Gasteiger partial charge in [0.25, 0.3) is 0 Å². The highest BCUT2D eigenvalue weighted by molar-refractivity contribution is 7.89. The summed E-state index contributed by atoms with van der Waals surface area (Å²) >= 11 is 6.16. The first-order chi connectivity index (χ1) is 16.8. The van der Waals surface area contributed by atoms with E-state index >= 15 is 0 Å². The highest BCUT2D eigenvalue weighted by Crippen LogP contribution is 2.32.